The normalized spacial score (nSPS) is 11.9. The monoisotopic (exact) mass is 208 g/mol. The number of halogens is 1. The molecule has 1 atom stereocenters. The Morgan fingerprint density at radius 3 is 2.93 bits per heavy atom. The Morgan fingerprint density at radius 1 is 1.60 bits per heavy atom. The maximum absolute atomic E-state index is 13.4. The first kappa shape index (κ1) is 11.5. The molecule has 0 spiro atoms. The average Bonchev–Trinajstić information content (AvgIpc) is 2.25. The van der Waals surface area contributed by atoms with Crippen LogP contribution in [0.5, 0.6) is 5.75 Å². The maximum Gasteiger partial charge on any atom is 0.167 e. The lowest BCUT2D eigenvalue weighted by Gasteiger charge is -2.11. The summed E-state index contributed by atoms with van der Waals surface area (Å²) in [5.74, 6) is -0.184. The van der Waals surface area contributed by atoms with Crippen molar-refractivity contribution in [1.82, 2.24) is 5.32 Å². The van der Waals surface area contributed by atoms with E-state index >= 15 is 0 Å². The van der Waals surface area contributed by atoms with Gasteiger partial charge in [0.25, 0.3) is 0 Å². The molecule has 1 rings (SSSR count). The van der Waals surface area contributed by atoms with E-state index in [2.05, 4.69) is 5.32 Å². The Morgan fingerprint density at radius 2 is 2.33 bits per heavy atom. The number of nitrogens with zero attached hydrogens (tertiary/aromatic N) is 1. The number of ether oxygens (including phenoxy) is 1. The molecular formula is C11H13FN2O. The number of hydrogen-bond donors (Lipinski definition) is 1. The van der Waals surface area contributed by atoms with Gasteiger partial charge >= 0.3 is 0 Å². The Bertz CT molecular complexity index is 373. The molecule has 0 bridgehead atoms. The van der Waals surface area contributed by atoms with Crippen LogP contribution in [0.15, 0.2) is 18.2 Å². The van der Waals surface area contributed by atoms with E-state index in [1.807, 2.05) is 6.07 Å². The summed E-state index contributed by atoms with van der Waals surface area (Å²) in [6.07, 6.45) is 0. The van der Waals surface area contributed by atoms with Crippen LogP contribution in [0.25, 0.3) is 0 Å². The number of aryl methyl sites for hydroxylation is 1. The van der Waals surface area contributed by atoms with Crippen LogP contribution in [-0.2, 0) is 0 Å². The highest BCUT2D eigenvalue weighted by Crippen LogP contribution is 2.19. The van der Waals surface area contributed by atoms with Crippen LogP contribution in [0.3, 0.4) is 0 Å². The first-order valence-electron chi connectivity index (χ1n) is 4.64. The number of benzene rings is 1. The molecular weight excluding hydrogens is 195 g/mol. The van der Waals surface area contributed by atoms with Crippen molar-refractivity contribution < 1.29 is 9.13 Å². The molecule has 80 valence electrons. The topological polar surface area (TPSA) is 45.0 Å². The lowest BCUT2D eigenvalue weighted by atomic mass is 10.2. The quantitative estimate of drug-likeness (QED) is 0.817. The number of rotatable bonds is 4. The summed E-state index contributed by atoms with van der Waals surface area (Å²) >= 11 is 0. The van der Waals surface area contributed by atoms with Crippen LogP contribution in [-0.4, -0.2) is 19.7 Å². The Kier molecular flexibility index (Phi) is 4.07. The molecule has 4 heteroatoms. The van der Waals surface area contributed by atoms with Crippen molar-refractivity contribution in [2.75, 3.05) is 13.7 Å². The van der Waals surface area contributed by atoms with Crippen LogP contribution in [0.1, 0.15) is 5.56 Å². The minimum Gasteiger partial charge on any atom is -0.488 e. The third kappa shape index (κ3) is 2.93. The van der Waals surface area contributed by atoms with Crippen LogP contribution < -0.4 is 10.1 Å². The highest BCUT2D eigenvalue weighted by molar-refractivity contribution is 5.30. The smallest absolute Gasteiger partial charge is 0.167 e. The molecule has 0 fully saturated rings. The largest absolute Gasteiger partial charge is 0.488 e. The second-order valence-corrected chi connectivity index (χ2v) is 3.17. The second kappa shape index (κ2) is 5.32. The van der Waals surface area contributed by atoms with Crippen LogP contribution in [0.2, 0.25) is 0 Å². The van der Waals surface area contributed by atoms with Crippen molar-refractivity contribution in [3.05, 3.63) is 29.6 Å². The van der Waals surface area contributed by atoms with Gasteiger partial charge in [0.05, 0.1) is 6.07 Å². The Hall–Kier alpha value is -1.60. The molecule has 3 nitrogen and oxygen atoms in total. The molecule has 0 aliphatic heterocycles. The van der Waals surface area contributed by atoms with E-state index in [0.717, 1.165) is 0 Å². The molecule has 1 aromatic rings. The molecule has 1 aromatic carbocycles. The lowest BCUT2D eigenvalue weighted by Crippen LogP contribution is -2.30. The van der Waals surface area contributed by atoms with Gasteiger partial charge in [0.2, 0.25) is 0 Å². The summed E-state index contributed by atoms with van der Waals surface area (Å²) in [5.41, 5.74) is 0.533. The number of nitrogens with one attached hydrogen (secondary N) is 1. The molecule has 0 saturated heterocycles. The molecule has 1 N–H and O–H groups in total. The first-order chi connectivity index (χ1) is 7.19. The molecule has 0 aliphatic carbocycles. The number of nitriles is 1. The van der Waals surface area contributed by atoms with Crippen molar-refractivity contribution in [1.29, 1.82) is 5.26 Å². The lowest BCUT2D eigenvalue weighted by molar-refractivity contribution is 0.281. The summed E-state index contributed by atoms with van der Waals surface area (Å²) in [5, 5.41) is 11.4. The number of hydrogen-bond acceptors (Lipinski definition) is 3. The van der Waals surface area contributed by atoms with Gasteiger partial charge in [-0.2, -0.15) is 5.26 Å². The van der Waals surface area contributed by atoms with Gasteiger partial charge in [-0.05, 0) is 25.6 Å². The van der Waals surface area contributed by atoms with Crippen LogP contribution in [0, 0.1) is 24.1 Å². The highest BCUT2D eigenvalue weighted by Gasteiger charge is 2.09. The van der Waals surface area contributed by atoms with Gasteiger partial charge < -0.3 is 10.1 Å². The van der Waals surface area contributed by atoms with Crippen molar-refractivity contribution in [3.8, 4) is 11.8 Å². The Labute approximate surface area is 88.5 Å². The van der Waals surface area contributed by atoms with Gasteiger partial charge in [0, 0.05) is 0 Å². The zero-order chi connectivity index (χ0) is 11.3. The van der Waals surface area contributed by atoms with E-state index in [1.54, 1.807) is 32.2 Å². The Balaban J connectivity index is 2.66. The molecule has 0 aromatic heterocycles. The molecule has 0 heterocycles. The summed E-state index contributed by atoms with van der Waals surface area (Å²) in [6.45, 7) is 1.80. The van der Waals surface area contributed by atoms with Gasteiger partial charge in [-0.25, -0.2) is 4.39 Å². The molecule has 15 heavy (non-hydrogen) atoms. The van der Waals surface area contributed by atoms with E-state index in [9.17, 15) is 4.39 Å². The van der Waals surface area contributed by atoms with E-state index in [4.69, 9.17) is 10.00 Å². The van der Waals surface area contributed by atoms with E-state index in [1.165, 1.54) is 0 Å². The van der Waals surface area contributed by atoms with Crippen molar-refractivity contribution >= 4 is 0 Å². The second-order valence-electron chi connectivity index (χ2n) is 3.17. The molecule has 0 aliphatic rings. The number of likely N-dealkylation sites (N-methyl/N-ethyl adjacent to an activating group) is 1. The van der Waals surface area contributed by atoms with Gasteiger partial charge in [-0.3, -0.25) is 0 Å². The minimum atomic E-state index is -0.426. The maximum atomic E-state index is 13.4. The SMILES string of the molecule is CNC(C#N)COc1cccc(C)c1F. The fraction of sp³-hybridized carbons (Fsp3) is 0.364. The predicted octanol–water partition coefficient (Wildman–Crippen LogP) is 1.62. The van der Waals surface area contributed by atoms with E-state index < -0.39 is 6.04 Å². The van der Waals surface area contributed by atoms with Crippen LogP contribution >= 0.6 is 0 Å². The van der Waals surface area contributed by atoms with Crippen LogP contribution in [0.4, 0.5) is 4.39 Å². The van der Waals surface area contributed by atoms with Gasteiger partial charge in [-0.1, -0.05) is 12.1 Å². The third-order valence-electron chi connectivity index (χ3n) is 2.07. The molecule has 1 unspecified atom stereocenters. The highest BCUT2D eigenvalue weighted by atomic mass is 19.1. The van der Waals surface area contributed by atoms with Crippen molar-refractivity contribution in [2.24, 2.45) is 0 Å². The fourth-order valence-electron chi connectivity index (χ4n) is 1.09. The summed E-state index contributed by atoms with van der Waals surface area (Å²) < 4.78 is 18.6. The minimum absolute atomic E-state index is 0.132. The van der Waals surface area contributed by atoms with Crippen molar-refractivity contribution in [3.63, 3.8) is 0 Å². The molecule has 0 amide bonds. The zero-order valence-electron chi connectivity index (χ0n) is 8.75. The molecule has 0 saturated carbocycles. The zero-order valence-corrected chi connectivity index (χ0v) is 8.75. The van der Waals surface area contributed by atoms with E-state index in [0.29, 0.717) is 5.56 Å². The predicted molar refractivity (Wildman–Crippen MR) is 55.1 cm³/mol. The van der Waals surface area contributed by atoms with Gasteiger partial charge in [0.15, 0.2) is 11.6 Å². The fourth-order valence-corrected chi connectivity index (χ4v) is 1.09. The van der Waals surface area contributed by atoms with Gasteiger partial charge in [0.1, 0.15) is 12.6 Å². The van der Waals surface area contributed by atoms with Gasteiger partial charge in [-0.15, -0.1) is 0 Å². The summed E-state index contributed by atoms with van der Waals surface area (Å²) in [6, 6.07) is 6.50. The standard InChI is InChI=1S/C11H13FN2O/c1-8-4-3-5-10(11(8)12)15-7-9(6-13)14-2/h3-5,9,14H,7H2,1-2H3. The van der Waals surface area contributed by atoms with E-state index in [-0.39, 0.29) is 18.2 Å². The summed E-state index contributed by atoms with van der Waals surface area (Å²) in [4.78, 5) is 0. The average molecular weight is 208 g/mol. The third-order valence-corrected chi connectivity index (χ3v) is 2.07. The summed E-state index contributed by atoms with van der Waals surface area (Å²) in [7, 11) is 1.66. The van der Waals surface area contributed by atoms with Crippen molar-refractivity contribution in [2.45, 2.75) is 13.0 Å². The molecule has 0 radical (unpaired) electrons. The first-order valence-corrected chi connectivity index (χ1v) is 4.64.